The van der Waals surface area contributed by atoms with Gasteiger partial charge in [-0.1, -0.05) is 19.3 Å². The summed E-state index contributed by atoms with van der Waals surface area (Å²) in [5.41, 5.74) is -0.507. The minimum atomic E-state index is -0.507. The van der Waals surface area contributed by atoms with Gasteiger partial charge in [0.15, 0.2) is 0 Å². The minimum Gasteiger partial charge on any atom is -0.391 e. The van der Waals surface area contributed by atoms with Gasteiger partial charge in [-0.25, -0.2) is 0 Å². The van der Waals surface area contributed by atoms with Gasteiger partial charge in [-0.3, -0.25) is 0 Å². The van der Waals surface area contributed by atoms with Crippen LogP contribution in [0.3, 0.4) is 0 Å². The third-order valence-corrected chi connectivity index (χ3v) is 3.09. The zero-order valence-corrected chi connectivity index (χ0v) is 9.04. The molecule has 0 spiro atoms. The lowest BCUT2D eigenvalue weighted by Gasteiger charge is -2.32. The van der Waals surface area contributed by atoms with E-state index in [2.05, 4.69) is 0 Å². The molecule has 0 amide bonds. The van der Waals surface area contributed by atoms with Crippen LogP contribution in [0.2, 0.25) is 0 Å². The summed E-state index contributed by atoms with van der Waals surface area (Å²) in [5.74, 6) is 0. The predicted octanol–water partition coefficient (Wildman–Crippen LogP) is 1.47. The van der Waals surface area contributed by atoms with Gasteiger partial charge in [0.25, 0.3) is 0 Å². The molecule has 1 fully saturated rings. The third kappa shape index (κ3) is 3.95. The molecule has 0 saturated heterocycles. The lowest BCUT2D eigenvalue weighted by molar-refractivity contribution is -0.0235. The highest BCUT2D eigenvalue weighted by Gasteiger charge is 2.29. The maximum Gasteiger partial charge on any atom is 0.0774 e. The molecule has 0 bridgehead atoms. The molecule has 1 unspecified atom stereocenters. The average molecular weight is 202 g/mol. The van der Waals surface area contributed by atoms with Crippen LogP contribution < -0.4 is 0 Å². The normalized spacial score (nSPS) is 23.4. The Labute approximate surface area is 86.1 Å². The number of hydrogen-bond donors (Lipinski definition) is 2. The highest BCUT2D eigenvalue weighted by atomic mass is 16.5. The quantitative estimate of drug-likeness (QED) is 0.709. The Balaban J connectivity index is 2.21. The first-order chi connectivity index (χ1) is 6.66. The summed E-state index contributed by atoms with van der Waals surface area (Å²) >= 11 is 0. The second-order valence-corrected chi connectivity index (χ2v) is 4.43. The monoisotopic (exact) mass is 202 g/mol. The topological polar surface area (TPSA) is 49.7 Å². The highest BCUT2D eigenvalue weighted by Crippen LogP contribution is 2.32. The SMILES string of the molecule is COCC(O)CCC1(O)CCCCC1. The smallest absolute Gasteiger partial charge is 0.0774 e. The summed E-state index contributed by atoms with van der Waals surface area (Å²) in [4.78, 5) is 0. The van der Waals surface area contributed by atoms with Crippen molar-refractivity contribution in [3.8, 4) is 0 Å². The number of hydrogen-bond acceptors (Lipinski definition) is 3. The van der Waals surface area contributed by atoms with E-state index in [1.54, 1.807) is 7.11 Å². The highest BCUT2D eigenvalue weighted by molar-refractivity contribution is 4.82. The molecule has 3 nitrogen and oxygen atoms in total. The fraction of sp³-hybridized carbons (Fsp3) is 1.00. The molecule has 2 N–H and O–H groups in total. The van der Waals surface area contributed by atoms with Crippen molar-refractivity contribution in [2.24, 2.45) is 0 Å². The largest absolute Gasteiger partial charge is 0.391 e. The summed E-state index contributed by atoms with van der Waals surface area (Å²) in [6, 6.07) is 0. The molecule has 3 heteroatoms. The fourth-order valence-corrected chi connectivity index (χ4v) is 2.17. The molecule has 1 aliphatic carbocycles. The first kappa shape index (κ1) is 12.0. The number of ether oxygens (including phenoxy) is 1. The molecule has 1 aliphatic rings. The molecular weight excluding hydrogens is 180 g/mol. The Kier molecular flexibility index (Phi) is 4.85. The zero-order valence-electron chi connectivity index (χ0n) is 9.04. The summed E-state index contributed by atoms with van der Waals surface area (Å²) < 4.78 is 4.84. The summed E-state index contributed by atoms with van der Waals surface area (Å²) in [5, 5.41) is 19.6. The van der Waals surface area contributed by atoms with E-state index in [1.807, 2.05) is 0 Å². The maximum absolute atomic E-state index is 10.1. The fourth-order valence-electron chi connectivity index (χ4n) is 2.17. The van der Waals surface area contributed by atoms with Crippen LogP contribution >= 0.6 is 0 Å². The van der Waals surface area contributed by atoms with Gasteiger partial charge < -0.3 is 14.9 Å². The number of aliphatic hydroxyl groups excluding tert-OH is 1. The van der Waals surface area contributed by atoms with Crippen LogP contribution in [0.4, 0.5) is 0 Å². The summed E-state index contributed by atoms with van der Waals surface area (Å²) in [6.07, 6.45) is 6.20. The van der Waals surface area contributed by atoms with Crippen LogP contribution in [0.25, 0.3) is 0 Å². The van der Waals surface area contributed by atoms with Gasteiger partial charge in [0, 0.05) is 7.11 Å². The molecule has 1 saturated carbocycles. The van der Waals surface area contributed by atoms with E-state index in [0.717, 1.165) is 25.7 Å². The Hall–Kier alpha value is -0.120. The number of rotatable bonds is 5. The van der Waals surface area contributed by atoms with Gasteiger partial charge in [-0.2, -0.15) is 0 Å². The van der Waals surface area contributed by atoms with Gasteiger partial charge in [0.05, 0.1) is 18.3 Å². The second kappa shape index (κ2) is 5.69. The van der Waals surface area contributed by atoms with Crippen molar-refractivity contribution in [2.75, 3.05) is 13.7 Å². The van der Waals surface area contributed by atoms with Crippen LogP contribution in [0.15, 0.2) is 0 Å². The number of methoxy groups -OCH3 is 1. The van der Waals surface area contributed by atoms with Crippen molar-refractivity contribution in [1.29, 1.82) is 0 Å². The van der Waals surface area contributed by atoms with E-state index in [9.17, 15) is 10.2 Å². The van der Waals surface area contributed by atoms with Crippen molar-refractivity contribution in [3.63, 3.8) is 0 Å². The van der Waals surface area contributed by atoms with Gasteiger partial charge in [0.2, 0.25) is 0 Å². The molecule has 14 heavy (non-hydrogen) atoms. The van der Waals surface area contributed by atoms with Gasteiger partial charge in [-0.05, 0) is 25.7 Å². The minimum absolute atomic E-state index is 0.371. The van der Waals surface area contributed by atoms with E-state index < -0.39 is 11.7 Å². The molecule has 0 aromatic rings. The standard InChI is InChI=1S/C11H22O3/c1-14-9-10(12)5-8-11(13)6-3-2-4-7-11/h10,12-13H,2-9H2,1H3. The van der Waals surface area contributed by atoms with Crippen LogP contribution in [-0.4, -0.2) is 35.6 Å². The van der Waals surface area contributed by atoms with E-state index in [4.69, 9.17) is 4.74 Å². The van der Waals surface area contributed by atoms with E-state index in [-0.39, 0.29) is 0 Å². The Morgan fingerprint density at radius 1 is 1.29 bits per heavy atom. The van der Waals surface area contributed by atoms with Crippen molar-refractivity contribution >= 4 is 0 Å². The summed E-state index contributed by atoms with van der Waals surface area (Å²) in [7, 11) is 1.58. The van der Waals surface area contributed by atoms with E-state index >= 15 is 0 Å². The molecule has 0 aliphatic heterocycles. The van der Waals surface area contributed by atoms with Crippen LogP contribution in [-0.2, 0) is 4.74 Å². The lowest BCUT2D eigenvalue weighted by atomic mass is 9.81. The Bertz CT molecular complexity index is 153. The van der Waals surface area contributed by atoms with Crippen molar-refractivity contribution < 1.29 is 14.9 Å². The van der Waals surface area contributed by atoms with Crippen molar-refractivity contribution in [3.05, 3.63) is 0 Å². The van der Waals surface area contributed by atoms with Crippen molar-refractivity contribution in [2.45, 2.75) is 56.7 Å². The third-order valence-electron chi connectivity index (χ3n) is 3.09. The molecule has 84 valence electrons. The first-order valence-electron chi connectivity index (χ1n) is 5.56. The summed E-state index contributed by atoms with van der Waals surface area (Å²) in [6.45, 7) is 0.371. The average Bonchev–Trinajstić information content (AvgIpc) is 2.17. The molecule has 0 aromatic carbocycles. The number of aliphatic hydroxyl groups is 2. The molecule has 1 atom stereocenters. The second-order valence-electron chi connectivity index (χ2n) is 4.43. The van der Waals surface area contributed by atoms with E-state index in [0.29, 0.717) is 19.4 Å². The van der Waals surface area contributed by atoms with Crippen LogP contribution in [0, 0.1) is 0 Å². The Morgan fingerprint density at radius 3 is 2.50 bits per heavy atom. The van der Waals surface area contributed by atoms with Gasteiger partial charge >= 0.3 is 0 Å². The molecule has 0 heterocycles. The molecule has 1 rings (SSSR count). The van der Waals surface area contributed by atoms with Gasteiger partial charge in [-0.15, -0.1) is 0 Å². The lowest BCUT2D eigenvalue weighted by Crippen LogP contribution is -2.33. The van der Waals surface area contributed by atoms with E-state index in [1.165, 1.54) is 6.42 Å². The Morgan fingerprint density at radius 2 is 1.93 bits per heavy atom. The molecule has 0 aromatic heterocycles. The van der Waals surface area contributed by atoms with Crippen LogP contribution in [0.5, 0.6) is 0 Å². The van der Waals surface area contributed by atoms with Gasteiger partial charge in [0.1, 0.15) is 0 Å². The first-order valence-corrected chi connectivity index (χ1v) is 5.56. The predicted molar refractivity (Wildman–Crippen MR) is 55.2 cm³/mol. The maximum atomic E-state index is 10.1. The zero-order chi connectivity index (χ0) is 10.4. The molecular formula is C11H22O3. The molecule has 0 radical (unpaired) electrons. The van der Waals surface area contributed by atoms with Crippen molar-refractivity contribution in [1.82, 2.24) is 0 Å². The van der Waals surface area contributed by atoms with Crippen LogP contribution in [0.1, 0.15) is 44.9 Å².